The minimum atomic E-state index is -4.23. The number of rotatable bonds is 6. The van der Waals surface area contributed by atoms with Crippen LogP contribution in [0.2, 0.25) is 0 Å². The Bertz CT molecular complexity index is 1090. The van der Waals surface area contributed by atoms with Crippen LogP contribution in [-0.2, 0) is 15.6 Å². The minimum absolute atomic E-state index is 0.0375. The number of nitriles is 1. The summed E-state index contributed by atoms with van der Waals surface area (Å²) in [5.74, 6) is -0.0333. The van der Waals surface area contributed by atoms with E-state index in [0.29, 0.717) is 21.7 Å². The molecule has 8 nitrogen and oxygen atoms in total. The molecule has 30 heavy (non-hydrogen) atoms. The summed E-state index contributed by atoms with van der Waals surface area (Å²) in [5.41, 5.74) is 1.05. The van der Waals surface area contributed by atoms with Crippen LogP contribution in [0.3, 0.4) is 0 Å². The molecule has 0 aliphatic rings. The van der Waals surface area contributed by atoms with Crippen LogP contribution in [0, 0.1) is 11.3 Å². The number of benzene rings is 1. The van der Waals surface area contributed by atoms with Gasteiger partial charge in [-0.25, -0.2) is 14.5 Å². The fourth-order valence-electron chi connectivity index (χ4n) is 2.92. The minimum Gasteiger partial charge on any atom is -0.385 e. The van der Waals surface area contributed by atoms with Crippen molar-refractivity contribution in [3.63, 3.8) is 0 Å². The van der Waals surface area contributed by atoms with Crippen molar-refractivity contribution in [2.75, 3.05) is 5.32 Å². The summed E-state index contributed by atoms with van der Waals surface area (Å²) in [7, 11) is -4.23. The van der Waals surface area contributed by atoms with Gasteiger partial charge in [-0.1, -0.05) is 33.8 Å². The van der Waals surface area contributed by atoms with Crippen molar-refractivity contribution in [1.82, 2.24) is 9.71 Å². The Balaban J connectivity index is 2.38. The summed E-state index contributed by atoms with van der Waals surface area (Å²) in [5, 5.41) is 22.1. The molecular formula is C20H26N4O4S2. The van der Waals surface area contributed by atoms with Gasteiger partial charge in [0.05, 0.1) is 27.8 Å². The van der Waals surface area contributed by atoms with E-state index < -0.39 is 21.7 Å². The molecule has 0 aliphatic carbocycles. The third kappa shape index (κ3) is 5.16. The van der Waals surface area contributed by atoms with E-state index in [0.717, 1.165) is 16.9 Å². The highest BCUT2D eigenvalue weighted by Gasteiger charge is 2.27. The molecule has 2 aromatic rings. The van der Waals surface area contributed by atoms with Gasteiger partial charge in [0.1, 0.15) is 0 Å². The summed E-state index contributed by atoms with van der Waals surface area (Å²) in [6, 6.07) is 4.64. The Morgan fingerprint density at radius 3 is 2.33 bits per heavy atom. The molecule has 0 aliphatic heterocycles. The van der Waals surface area contributed by atoms with Crippen molar-refractivity contribution in [2.45, 2.75) is 63.3 Å². The molecule has 1 aromatic carbocycles. The predicted octanol–water partition coefficient (Wildman–Crippen LogP) is 4.00. The van der Waals surface area contributed by atoms with E-state index in [2.05, 4.69) is 16.4 Å². The molecule has 10 heteroatoms. The number of amides is 2. The van der Waals surface area contributed by atoms with Crippen LogP contribution in [0.1, 0.15) is 74.9 Å². The molecule has 2 rings (SSSR count). The second kappa shape index (κ2) is 8.71. The van der Waals surface area contributed by atoms with Gasteiger partial charge in [-0.3, -0.25) is 0 Å². The monoisotopic (exact) mass is 450 g/mol. The lowest BCUT2D eigenvalue weighted by atomic mass is 9.89. The Hall–Kier alpha value is -2.48. The van der Waals surface area contributed by atoms with E-state index >= 15 is 0 Å². The quantitative estimate of drug-likeness (QED) is 0.609. The number of anilines is 1. The van der Waals surface area contributed by atoms with Gasteiger partial charge in [0.25, 0.3) is 10.0 Å². The molecule has 1 aromatic heterocycles. The zero-order valence-corrected chi connectivity index (χ0v) is 19.4. The van der Waals surface area contributed by atoms with E-state index in [1.807, 2.05) is 32.4 Å². The molecule has 0 saturated carbocycles. The SMILES string of the molecule is CC(C)c1ccc(C#N)c(C(C)C)c1NC(=O)NS(=O)(=O)c1ncc(C(C)(C)O)s1. The van der Waals surface area contributed by atoms with Gasteiger partial charge in [0, 0.05) is 6.20 Å². The average molecular weight is 451 g/mol. The number of hydrogen-bond acceptors (Lipinski definition) is 7. The first-order chi connectivity index (χ1) is 13.8. The molecule has 2 amide bonds. The lowest BCUT2D eigenvalue weighted by Crippen LogP contribution is -2.35. The van der Waals surface area contributed by atoms with Crippen LogP contribution in [0.5, 0.6) is 0 Å². The highest BCUT2D eigenvalue weighted by atomic mass is 32.2. The normalized spacial score (nSPS) is 12.1. The van der Waals surface area contributed by atoms with Crippen molar-refractivity contribution in [3.05, 3.63) is 39.9 Å². The number of aliphatic hydroxyl groups is 1. The highest BCUT2D eigenvalue weighted by molar-refractivity contribution is 7.92. The summed E-state index contributed by atoms with van der Waals surface area (Å²) in [6.07, 6.45) is 1.27. The van der Waals surface area contributed by atoms with E-state index in [1.165, 1.54) is 20.0 Å². The zero-order valence-electron chi connectivity index (χ0n) is 17.8. The number of thiazole rings is 1. The predicted molar refractivity (Wildman–Crippen MR) is 116 cm³/mol. The second-order valence-corrected chi connectivity index (χ2v) is 10.9. The standard InChI is InChI=1S/C20H26N4O4S2/c1-11(2)14-8-7-13(9-21)16(12(3)4)17(14)23-18(25)24-30(27,28)19-22-10-15(29-19)20(5,6)26/h7-8,10-12,26H,1-6H3,(H2,23,24,25). The molecule has 0 unspecified atom stereocenters. The molecule has 0 radical (unpaired) electrons. The van der Waals surface area contributed by atoms with Crippen molar-refractivity contribution < 1.29 is 18.3 Å². The van der Waals surface area contributed by atoms with Crippen LogP contribution in [-0.4, -0.2) is 24.5 Å². The van der Waals surface area contributed by atoms with Gasteiger partial charge in [-0.2, -0.15) is 13.7 Å². The third-order valence-corrected chi connectivity index (χ3v) is 7.41. The Kier molecular flexibility index (Phi) is 6.91. The van der Waals surface area contributed by atoms with Crippen LogP contribution >= 0.6 is 11.3 Å². The van der Waals surface area contributed by atoms with Gasteiger partial charge in [-0.15, -0.1) is 11.3 Å². The van der Waals surface area contributed by atoms with Crippen molar-refractivity contribution >= 4 is 33.1 Å². The fraction of sp³-hybridized carbons (Fsp3) is 0.450. The smallest absolute Gasteiger partial charge is 0.333 e. The molecular weight excluding hydrogens is 424 g/mol. The number of hydrogen-bond donors (Lipinski definition) is 3. The number of carbonyl (C=O) groups is 1. The molecule has 3 N–H and O–H groups in total. The first-order valence-corrected chi connectivity index (χ1v) is 11.7. The maximum atomic E-state index is 12.6. The van der Waals surface area contributed by atoms with Crippen LogP contribution in [0.4, 0.5) is 10.5 Å². The Morgan fingerprint density at radius 1 is 1.23 bits per heavy atom. The maximum Gasteiger partial charge on any atom is 0.333 e. The summed E-state index contributed by atoms with van der Waals surface area (Å²) >= 11 is 0.783. The summed E-state index contributed by atoms with van der Waals surface area (Å²) in [4.78, 5) is 16.8. The van der Waals surface area contributed by atoms with Gasteiger partial charge >= 0.3 is 6.03 Å². The first kappa shape index (κ1) is 23.8. The Labute approximate surface area is 181 Å². The van der Waals surface area contributed by atoms with Gasteiger partial charge in [0.2, 0.25) is 4.34 Å². The summed E-state index contributed by atoms with van der Waals surface area (Å²) < 4.78 is 26.8. The largest absolute Gasteiger partial charge is 0.385 e. The Morgan fingerprint density at radius 2 is 1.87 bits per heavy atom. The number of nitrogens with zero attached hydrogens (tertiary/aromatic N) is 2. The number of carbonyl (C=O) groups excluding carboxylic acids is 1. The van der Waals surface area contributed by atoms with E-state index in [9.17, 15) is 23.6 Å². The maximum absolute atomic E-state index is 12.6. The van der Waals surface area contributed by atoms with Gasteiger partial charge in [-0.05, 0) is 42.9 Å². The average Bonchev–Trinajstić information content (AvgIpc) is 3.11. The molecule has 0 atom stereocenters. The van der Waals surface area contributed by atoms with Crippen molar-refractivity contribution in [3.8, 4) is 6.07 Å². The molecule has 0 fully saturated rings. The zero-order chi connectivity index (χ0) is 22.9. The first-order valence-electron chi connectivity index (χ1n) is 9.37. The lowest BCUT2D eigenvalue weighted by molar-refractivity contribution is 0.0823. The molecule has 0 saturated heterocycles. The van der Waals surface area contributed by atoms with Crippen LogP contribution in [0.15, 0.2) is 22.7 Å². The lowest BCUT2D eigenvalue weighted by Gasteiger charge is -2.21. The van der Waals surface area contributed by atoms with E-state index in [1.54, 1.807) is 12.1 Å². The molecule has 0 spiro atoms. The van der Waals surface area contributed by atoms with Crippen LogP contribution < -0.4 is 10.0 Å². The van der Waals surface area contributed by atoms with Crippen molar-refractivity contribution in [2.24, 2.45) is 0 Å². The number of urea groups is 1. The van der Waals surface area contributed by atoms with E-state index in [4.69, 9.17) is 0 Å². The summed E-state index contributed by atoms with van der Waals surface area (Å²) in [6.45, 7) is 10.7. The number of nitrogens with one attached hydrogen (secondary N) is 2. The fourth-order valence-corrected chi connectivity index (χ4v) is 4.98. The van der Waals surface area contributed by atoms with Crippen molar-refractivity contribution in [1.29, 1.82) is 5.26 Å². The highest BCUT2D eigenvalue weighted by Crippen LogP contribution is 2.35. The second-order valence-electron chi connectivity index (χ2n) is 8.02. The molecule has 1 heterocycles. The number of aromatic nitrogens is 1. The van der Waals surface area contributed by atoms with Gasteiger partial charge in [0.15, 0.2) is 0 Å². The third-order valence-electron chi connectivity index (χ3n) is 4.38. The van der Waals surface area contributed by atoms with E-state index in [-0.39, 0.29) is 16.2 Å². The molecule has 0 bridgehead atoms. The molecule has 162 valence electrons. The van der Waals surface area contributed by atoms with Crippen LogP contribution in [0.25, 0.3) is 0 Å². The van der Waals surface area contributed by atoms with Gasteiger partial charge < -0.3 is 10.4 Å². The topological polar surface area (TPSA) is 132 Å². The number of sulfonamides is 1.